The molecular formula is C29H35N5O3S. The normalized spacial score (nSPS) is 15.3. The minimum absolute atomic E-state index is 0.00172. The molecule has 1 saturated heterocycles. The Kier molecular flexibility index (Phi) is 7.49. The van der Waals surface area contributed by atoms with E-state index in [0.29, 0.717) is 30.4 Å². The number of fused-ring (bicyclic) bond motifs is 3. The van der Waals surface area contributed by atoms with Gasteiger partial charge in [0.2, 0.25) is 11.8 Å². The van der Waals surface area contributed by atoms with Crippen molar-refractivity contribution in [1.82, 2.24) is 19.6 Å². The molecule has 0 bridgehead atoms. The fourth-order valence-corrected chi connectivity index (χ4v) is 6.28. The molecule has 3 aromatic rings. The Bertz CT molecular complexity index is 1330. The molecule has 1 aliphatic carbocycles. The number of hydrogen-bond acceptors (Lipinski definition) is 6. The van der Waals surface area contributed by atoms with Crippen LogP contribution < -0.4 is 4.90 Å². The molecule has 0 N–H and O–H groups in total. The number of imide groups is 1. The third kappa shape index (κ3) is 5.05. The van der Waals surface area contributed by atoms with Crippen LogP contribution in [-0.2, 0) is 22.4 Å². The summed E-state index contributed by atoms with van der Waals surface area (Å²) in [7, 11) is 0. The molecule has 2 aliphatic rings. The SMILES string of the molecule is CC(=O)N(C(C)=O)c1ccc(-n2nc(C(=O)N3CCN(CCC(C)C)CC3)c3c2-c2ccsc2CC3)cc1. The van der Waals surface area contributed by atoms with Crippen LogP contribution in [0.2, 0.25) is 0 Å². The van der Waals surface area contributed by atoms with E-state index < -0.39 is 0 Å². The topological polar surface area (TPSA) is 78.8 Å². The Morgan fingerprint density at radius 2 is 1.66 bits per heavy atom. The molecule has 0 radical (unpaired) electrons. The molecule has 2 aromatic heterocycles. The van der Waals surface area contributed by atoms with E-state index in [1.165, 1.54) is 25.1 Å². The number of hydrogen-bond donors (Lipinski definition) is 0. The van der Waals surface area contributed by atoms with E-state index >= 15 is 0 Å². The number of aromatic nitrogens is 2. The first-order valence-corrected chi connectivity index (χ1v) is 14.2. The second-order valence-electron chi connectivity index (χ2n) is 10.6. The van der Waals surface area contributed by atoms with Crippen molar-refractivity contribution in [2.24, 2.45) is 5.92 Å². The number of carbonyl (C=O) groups excluding carboxylic acids is 3. The predicted octanol–water partition coefficient (Wildman–Crippen LogP) is 4.40. The highest BCUT2D eigenvalue weighted by Gasteiger charge is 2.32. The molecule has 38 heavy (non-hydrogen) atoms. The molecule has 1 aliphatic heterocycles. The third-order valence-corrected chi connectivity index (χ3v) is 8.43. The van der Waals surface area contributed by atoms with Gasteiger partial charge >= 0.3 is 0 Å². The summed E-state index contributed by atoms with van der Waals surface area (Å²) in [5.41, 5.74) is 4.92. The largest absolute Gasteiger partial charge is 0.335 e. The second-order valence-corrected chi connectivity index (χ2v) is 11.6. The van der Waals surface area contributed by atoms with E-state index in [9.17, 15) is 14.4 Å². The molecule has 1 aromatic carbocycles. The van der Waals surface area contributed by atoms with Gasteiger partial charge in [0.15, 0.2) is 5.69 Å². The van der Waals surface area contributed by atoms with Gasteiger partial charge in [-0.3, -0.25) is 24.2 Å². The van der Waals surface area contributed by atoms with Gasteiger partial charge in [-0.1, -0.05) is 13.8 Å². The standard InChI is InChI=1S/C29H35N5O3S/c1-19(2)11-13-31-14-16-32(17-15-31)29(37)27-25-9-10-26-24(12-18-38-26)28(25)34(30-27)23-7-5-22(6-8-23)33(20(3)35)21(4)36/h5-8,12,18-19H,9-11,13-17H2,1-4H3. The van der Waals surface area contributed by atoms with Gasteiger partial charge in [-0.25, -0.2) is 4.68 Å². The molecule has 9 heteroatoms. The van der Waals surface area contributed by atoms with Crippen LogP contribution in [0.3, 0.4) is 0 Å². The highest BCUT2D eigenvalue weighted by molar-refractivity contribution is 7.10. The van der Waals surface area contributed by atoms with Gasteiger partial charge < -0.3 is 4.90 Å². The molecular weight excluding hydrogens is 498 g/mol. The molecule has 0 saturated carbocycles. The summed E-state index contributed by atoms with van der Waals surface area (Å²) in [5.74, 6) is 0.0102. The van der Waals surface area contributed by atoms with Gasteiger partial charge in [-0.05, 0) is 67.4 Å². The van der Waals surface area contributed by atoms with Crippen LogP contribution >= 0.6 is 11.3 Å². The monoisotopic (exact) mass is 533 g/mol. The summed E-state index contributed by atoms with van der Waals surface area (Å²) in [6.07, 6.45) is 2.85. The first-order valence-electron chi connectivity index (χ1n) is 13.4. The fraction of sp³-hybridized carbons (Fsp3) is 0.448. The van der Waals surface area contributed by atoms with E-state index in [1.54, 1.807) is 23.5 Å². The number of rotatable bonds is 6. The van der Waals surface area contributed by atoms with Crippen molar-refractivity contribution in [3.8, 4) is 16.9 Å². The van der Waals surface area contributed by atoms with E-state index in [1.807, 2.05) is 21.7 Å². The van der Waals surface area contributed by atoms with Gasteiger partial charge in [0.1, 0.15) is 0 Å². The predicted molar refractivity (Wildman–Crippen MR) is 150 cm³/mol. The van der Waals surface area contributed by atoms with Crippen LogP contribution in [0.1, 0.15) is 55.0 Å². The van der Waals surface area contributed by atoms with Crippen LogP contribution in [0.15, 0.2) is 35.7 Å². The zero-order chi connectivity index (χ0) is 27.0. The van der Waals surface area contributed by atoms with Crippen LogP contribution in [0.4, 0.5) is 5.69 Å². The number of amides is 3. The Labute approximate surface area is 227 Å². The first kappa shape index (κ1) is 26.3. The van der Waals surface area contributed by atoms with Gasteiger partial charge in [-0.15, -0.1) is 11.3 Å². The van der Waals surface area contributed by atoms with E-state index in [0.717, 1.165) is 59.9 Å². The Hall–Kier alpha value is -3.30. The summed E-state index contributed by atoms with van der Waals surface area (Å²) in [6, 6.07) is 9.32. The van der Waals surface area contributed by atoms with Crippen molar-refractivity contribution < 1.29 is 14.4 Å². The first-order chi connectivity index (χ1) is 18.2. The van der Waals surface area contributed by atoms with Gasteiger partial charge in [-0.2, -0.15) is 5.10 Å². The lowest BCUT2D eigenvalue weighted by Gasteiger charge is -2.34. The van der Waals surface area contributed by atoms with Crippen LogP contribution in [0.5, 0.6) is 0 Å². The Morgan fingerprint density at radius 3 is 2.29 bits per heavy atom. The fourth-order valence-electron chi connectivity index (χ4n) is 5.40. The van der Waals surface area contributed by atoms with Gasteiger partial charge in [0.25, 0.3) is 5.91 Å². The van der Waals surface area contributed by atoms with E-state index in [4.69, 9.17) is 5.10 Å². The second kappa shape index (κ2) is 10.8. The molecule has 8 nitrogen and oxygen atoms in total. The number of anilines is 1. The maximum atomic E-state index is 13.8. The quantitative estimate of drug-likeness (QED) is 0.469. The van der Waals surface area contributed by atoms with Crippen molar-refractivity contribution >= 4 is 34.7 Å². The highest BCUT2D eigenvalue weighted by Crippen LogP contribution is 2.40. The summed E-state index contributed by atoms with van der Waals surface area (Å²) < 4.78 is 1.86. The number of aryl methyl sites for hydroxylation is 1. The van der Waals surface area contributed by atoms with Crippen molar-refractivity contribution in [3.63, 3.8) is 0 Å². The molecule has 5 rings (SSSR count). The zero-order valence-electron chi connectivity index (χ0n) is 22.6. The average molecular weight is 534 g/mol. The van der Waals surface area contributed by atoms with Gasteiger partial charge in [0.05, 0.1) is 17.1 Å². The van der Waals surface area contributed by atoms with E-state index in [2.05, 4.69) is 30.2 Å². The van der Waals surface area contributed by atoms with Crippen LogP contribution in [0, 0.1) is 5.92 Å². The van der Waals surface area contributed by atoms with Gasteiger partial charge in [0, 0.05) is 56.0 Å². The third-order valence-electron chi connectivity index (χ3n) is 7.45. The molecule has 200 valence electrons. The van der Waals surface area contributed by atoms with E-state index in [-0.39, 0.29) is 17.7 Å². The Balaban J connectivity index is 1.46. The lowest BCUT2D eigenvalue weighted by molar-refractivity contribution is -0.124. The minimum atomic E-state index is -0.332. The molecule has 0 unspecified atom stereocenters. The number of piperazine rings is 1. The summed E-state index contributed by atoms with van der Waals surface area (Å²) in [5, 5.41) is 7.00. The molecule has 3 amide bonds. The van der Waals surface area contributed by atoms with Crippen LogP contribution in [-0.4, -0.2) is 70.0 Å². The maximum absolute atomic E-state index is 13.8. The number of carbonyl (C=O) groups is 3. The molecule has 0 atom stereocenters. The highest BCUT2D eigenvalue weighted by atomic mass is 32.1. The summed E-state index contributed by atoms with van der Waals surface area (Å²) >= 11 is 1.73. The van der Waals surface area contributed by atoms with Crippen molar-refractivity contribution in [2.75, 3.05) is 37.6 Å². The zero-order valence-corrected chi connectivity index (χ0v) is 23.4. The summed E-state index contributed by atoms with van der Waals surface area (Å²) in [4.78, 5) is 44.6. The molecule has 0 spiro atoms. The summed E-state index contributed by atoms with van der Waals surface area (Å²) in [6.45, 7) is 11.5. The van der Waals surface area contributed by atoms with Crippen molar-refractivity contribution in [2.45, 2.75) is 47.0 Å². The maximum Gasteiger partial charge on any atom is 0.274 e. The smallest absolute Gasteiger partial charge is 0.274 e. The number of nitrogens with zero attached hydrogens (tertiary/aromatic N) is 5. The lowest BCUT2D eigenvalue weighted by Crippen LogP contribution is -2.49. The minimum Gasteiger partial charge on any atom is -0.335 e. The van der Waals surface area contributed by atoms with Crippen LogP contribution in [0.25, 0.3) is 16.9 Å². The molecule has 3 heterocycles. The number of thiophene rings is 1. The van der Waals surface area contributed by atoms with Crippen molar-refractivity contribution in [3.05, 3.63) is 51.8 Å². The van der Waals surface area contributed by atoms with Crippen molar-refractivity contribution in [1.29, 1.82) is 0 Å². The Morgan fingerprint density at radius 1 is 0.974 bits per heavy atom. The average Bonchev–Trinajstić information content (AvgIpc) is 3.52. The lowest BCUT2D eigenvalue weighted by atomic mass is 9.94. The molecule has 1 fully saturated rings. The number of benzene rings is 1.